The van der Waals surface area contributed by atoms with Gasteiger partial charge in [-0.3, -0.25) is 9.78 Å². The molecule has 2 aromatic carbocycles. The van der Waals surface area contributed by atoms with Crippen LogP contribution in [0.15, 0.2) is 30.3 Å². The first-order valence-corrected chi connectivity index (χ1v) is 10.1. The Kier molecular flexibility index (Phi) is 6.83. The topological polar surface area (TPSA) is 93.5 Å². The lowest BCUT2D eigenvalue weighted by Crippen LogP contribution is -2.08. The molecule has 0 spiro atoms. The van der Waals surface area contributed by atoms with Gasteiger partial charge in [0.05, 0.1) is 35.6 Å². The van der Waals surface area contributed by atoms with Crippen LogP contribution in [-0.4, -0.2) is 24.6 Å². The summed E-state index contributed by atoms with van der Waals surface area (Å²) >= 11 is 6.24. The van der Waals surface area contributed by atoms with Crippen LogP contribution in [0, 0.1) is 11.3 Å². The van der Waals surface area contributed by atoms with Gasteiger partial charge < -0.3 is 19.5 Å². The maximum atomic E-state index is 11.7. The van der Waals surface area contributed by atoms with Crippen LogP contribution in [0.2, 0.25) is 5.02 Å². The van der Waals surface area contributed by atoms with Crippen LogP contribution in [-0.2, 0) is 11.2 Å². The number of methoxy groups -OCH3 is 1. The summed E-state index contributed by atoms with van der Waals surface area (Å²) in [5.74, 6) is 1.52. The molecule has 3 rings (SSSR count). The maximum absolute atomic E-state index is 11.7. The van der Waals surface area contributed by atoms with Crippen LogP contribution in [0.4, 0.5) is 5.69 Å². The summed E-state index contributed by atoms with van der Waals surface area (Å²) in [4.78, 5) is 16.3. The number of fused-ring (bicyclic) bond motifs is 1. The summed E-state index contributed by atoms with van der Waals surface area (Å²) < 4.78 is 17.0. The van der Waals surface area contributed by atoms with E-state index < -0.39 is 0 Å². The first-order valence-electron chi connectivity index (χ1n) is 9.74. The van der Waals surface area contributed by atoms with E-state index >= 15 is 0 Å². The third-order valence-electron chi connectivity index (χ3n) is 4.51. The Morgan fingerprint density at radius 1 is 1.23 bits per heavy atom. The molecule has 0 saturated heterocycles. The quantitative estimate of drug-likeness (QED) is 0.523. The minimum atomic E-state index is -0.247. The number of carbonyl (C=O) groups excluding carboxylic acids is 1. The number of ether oxygens (including phenoxy) is 3. The molecule has 0 aliphatic rings. The van der Waals surface area contributed by atoms with E-state index in [2.05, 4.69) is 16.4 Å². The predicted octanol–water partition coefficient (Wildman–Crippen LogP) is 5.48. The molecule has 7 nitrogen and oxygen atoms in total. The van der Waals surface area contributed by atoms with Crippen molar-refractivity contribution >= 4 is 34.1 Å². The van der Waals surface area contributed by atoms with E-state index in [9.17, 15) is 10.1 Å². The number of nitrogens with zero attached hydrogens (tertiary/aromatic N) is 2. The lowest BCUT2D eigenvalue weighted by molar-refractivity contribution is -0.114. The van der Waals surface area contributed by atoms with E-state index in [0.717, 1.165) is 0 Å². The third kappa shape index (κ3) is 4.65. The Bertz CT molecular complexity index is 1190. The Balaban J connectivity index is 2.26. The number of amides is 1. The minimum Gasteiger partial charge on any atom is -0.495 e. The summed E-state index contributed by atoms with van der Waals surface area (Å²) in [5.41, 5.74) is 1.97. The van der Waals surface area contributed by atoms with Gasteiger partial charge in [0, 0.05) is 24.4 Å². The van der Waals surface area contributed by atoms with Gasteiger partial charge in [0.15, 0.2) is 5.75 Å². The molecule has 1 aromatic heterocycles. The van der Waals surface area contributed by atoms with Crippen molar-refractivity contribution in [1.29, 1.82) is 5.26 Å². The van der Waals surface area contributed by atoms with Crippen LogP contribution >= 0.6 is 11.6 Å². The molecular formula is C23H22ClN3O4. The van der Waals surface area contributed by atoms with E-state index in [1.165, 1.54) is 14.0 Å². The summed E-state index contributed by atoms with van der Waals surface area (Å²) in [5, 5.41) is 13.6. The average Bonchev–Trinajstić information content (AvgIpc) is 2.74. The van der Waals surface area contributed by atoms with Gasteiger partial charge in [0.2, 0.25) is 5.91 Å². The van der Waals surface area contributed by atoms with Crippen LogP contribution < -0.4 is 19.5 Å². The second-order valence-electron chi connectivity index (χ2n) is 6.61. The number of hydrogen-bond donors (Lipinski definition) is 1. The number of nitriles is 1. The normalized spacial score (nSPS) is 10.5. The highest BCUT2D eigenvalue weighted by molar-refractivity contribution is 6.32. The molecule has 3 aromatic rings. The molecular weight excluding hydrogens is 418 g/mol. The van der Waals surface area contributed by atoms with Crippen molar-refractivity contribution in [3.05, 3.63) is 46.6 Å². The Morgan fingerprint density at radius 3 is 2.58 bits per heavy atom. The molecule has 0 radical (unpaired) electrons. The first kappa shape index (κ1) is 22.2. The Labute approximate surface area is 185 Å². The molecule has 1 amide bonds. The number of hydrogen-bond acceptors (Lipinski definition) is 6. The smallest absolute Gasteiger partial charge is 0.221 e. The zero-order valence-corrected chi connectivity index (χ0v) is 18.5. The van der Waals surface area contributed by atoms with E-state index in [-0.39, 0.29) is 5.91 Å². The van der Waals surface area contributed by atoms with Crippen LogP contribution in [0.3, 0.4) is 0 Å². The zero-order chi connectivity index (χ0) is 22.5. The summed E-state index contributed by atoms with van der Waals surface area (Å²) in [6.07, 6.45) is 0.538. The van der Waals surface area contributed by atoms with E-state index in [1.807, 2.05) is 13.8 Å². The second-order valence-corrected chi connectivity index (χ2v) is 7.01. The van der Waals surface area contributed by atoms with E-state index in [4.69, 9.17) is 25.8 Å². The number of aromatic nitrogens is 1. The highest BCUT2D eigenvalue weighted by Gasteiger charge is 2.20. The number of benzene rings is 2. The van der Waals surface area contributed by atoms with Gasteiger partial charge >= 0.3 is 0 Å². The Morgan fingerprint density at radius 2 is 2.00 bits per heavy atom. The molecule has 0 atom stereocenters. The SMILES string of the molecule is CCOc1cc2nc(CC)c(C#N)c(Oc3ccc(OC)c(Cl)c3)c2cc1NC(C)=O. The molecule has 0 bridgehead atoms. The molecule has 0 fully saturated rings. The lowest BCUT2D eigenvalue weighted by atomic mass is 10.1. The summed E-state index contributed by atoms with van der Waals surface area (Å²) in [6, 6.07) is 10.6. The van der Waals surface area contributed by atoms with Crippen molar-refractivity contribution in [2.75, 3.05) is 19.0 Å². The maximum Gasteiger partial charge on any atom is 0.221 e. The van der Waals surface area contributed by atoms with E-state index in [0.29, 0.717) is 68.9 Å². The van der Waals surface area contributed by atoms with Crippen molar-refractivity contribution in [3.63, 3.8) is 0 Å². The third-order valence-corrected chi connectivity index (χ3v) is 4.81. The van der Waals surface area contributed by atoms with Gasteiger partial charge in [-0.25, -0.2) is 0 Å². The molecule has 0 saturated carbocycles. The average molecular weight is 440 g/mol. The van der Waals surface area contributed by atoms with Crippen molar-refractivity contribution in [2.45, 2.75) is 27.2 Å². The van der Waals surface area contributed by atoms with Gasteiger partial charge in [0.25, 0.3) is 0 Å². The number of rotatable bonds is 7. The van der Waals surface area contributed by atoms with Crippen molar-refractivity contribution < 1.29 is 19.0 Å². The van der Waals surface area contributed by atoms with Gasteiger partial charge in [-0.15, -0.1) is 0 Å². The van der Waals surface area contributed by atoms with Crippen LogP contribution in [0.1, 0.15) is 32.0 Å². The predicted molar refractivity (Wildman–Crippen MR) is 119 cm³/mol. The van der Waals surface area contributed by atoms with Crippen LogP contribution in [0.25, 0.3) is 10.9 Å². The van der Waals surface area contributed by atoms with Gasteiger partial charge in [0.1, 0.15) is 28.9 Å². The number of halogens is 1. The molecule has 0 unspecified atom stereocenters. The van der Waals surface area contributed by atoms with Crippen molar-refractivity contribution in [2.24, 2.45) is 0 Å². The Hall–Kier alpha value is -3.50. The highest BCUT2D eigenvalue weighted by Crippen LogP contribution is 2.40. The van der Waals surface area contributed by atoms with Crippen LogP contribution in [0.5, 0.6) is 23.0 Å². The number of pyridine rings is 1. The number of nitrogens with one attached hydrogen (secondary N) is 1. The monoisotopic (exact) mass is 439 g/mol. The molecule has 1 N–H and O–H groups in total. The highest BCUT2D eigenvalue weighted by atomic mass is 35.5. The second kappa shape index (κ2) is 9.54. The lowest BCUT2D eigenvalue weighted by Gasteiger charge is -2.17. The number of carbonyl (C=O) groups is 1. The van der Waals surface area contributed by atoms with Crippen molar-refractivity contribution in [1.82, 2.24) is 4.98 Å². The largest absolute Gasteiger partial charge is 0.495 e. The fraction of sp³-hybridized carbons (Fsp3) is 0.261. The first-order chi connectivity index (χ1) is 14.9. The van der Waals surface area contributed by atoms with E-state index in [1.54, 1.807) is 30.3 Å². The van der Waals surface area contributed by atoms with Gasteiger partial charge in [-0.1, -0.05) is 18.5 Å². The molecule has 160 valence electrons. The molecule has 0 aliphatic heterocycles. The number of anilines is 1. The molecule has 8 heteroatoms. The summed E-state index contributed by atoms with van der Waals surface area (Å²) in [6.45, 7) is 5.60. The minimum absolute atomic E-state index is 0.247. The molecule has 0 aliphatic carbocycles. The molecule has 31 heavy (non-hydrogen) atoms. The summed E-state index contributed by atoms with van der Waals surface area (Å²) in [7, 11) is 1.53. The molecule has 1 heterocycles. The zero-order valence-electron chi connectivity index (χ0n) is 17.7. The fourth-order valence-electron chi connectivity index (χ4n) is 3.18. The number of aryl methyl sites for hydroxylation is 1. The van der Waals surface area contributed by atoms with Gasteiger partial charge in [-0.05, 0) is 31.5 Å². The van der Waals surface area contributed by atoms with Gasteiger partial charge in [-0.2, -0.15) is 5.26 Å². The van der Waals surface area contributed by atoms with Crippen molar-refractivity contribution in [3.8, 4) is 29.1 Å². The standard InChI is InChI=1S/C23H22ClN3O4/c1-5-18-16(12-25)23(31-14-7-8-21(29-4)17(24)9-14)15-10-20(26-13(3)28)22(30-6-2)11-19(15)27-18/h7-11H,5-6H2,1-4H3,(H,26,28). The fourth-order valence-corrected chi connectivity index (χ4v) is 3.43.